The van der Waals surface area contributed by atoms with Crippen LogP contribution in [-0.2, 0) is 24.4 Å². The molecule has 1 aromatic carbocycles. The van der Waals surface area contributed by atoms with Gasteiger partial charge in [0.15, 0.2) is 0 Å². The van der Waals surface area contributed by atoms with E-state index in [4.69, 9.17) is 16.3 Å². The summed E-state index contributed by atoms with van der Waals surface area (Å²) >= 11 is 7.29. The molecule has 0 aliphatic carbocycles. The van der Waals surface area contributed by atoms with Gasteiger partial charge < -0.3 is 4.74 Å². The molecule has 0 aliphatic rings. The Bertz CT molecular complexity index is 444. The third kappa shape index (κ3) is 4.11. The highest BCUT2D eigenvalue weighted by molar-refractivity contribution is 7.09. The fourth-order valence-electron chi connectivity index (χ4n) is 1.46. The van der Waals surface area contributed by atoms with Crippen LogP contribution >= 0.6 is 22.9 Å². The highest BCUT2D eigenvalue weighted by atomic mass is 35.5. The first-order chi connectivity index (χ1) is 8.38. The number of thiazole rings is 1. The van der Waals surface area contributed by atoms with Crippen LogP contribution in [0, 0.1) is 0 Å². The van der Waals surface area contributed by atoms with Crippen molar-refractivity contribution in [2.24, 2.45) is 0 Å². The number of nitrogens with zero attached hydrogens (tertiary/aromatic N) is 1. The molecule has 0 bridgehead atoms. The fourth-order valence-corrected chi connectivity index (χ4v) is 2.41. The number of benzene rings is 1. The van der Waals surface area contributed by atoms with E-state index >= 15 is 0 Å². The Morgan fingerprint density at radius 2 is 2.00 bits per heavy atom. The lowest BCUT2D eigenvalue weighted by atomic mass is 10.2. The minimum atomic E-state index is 0.571. The molecule has 1 aromatic heterocycles. The van der Waals surface area contributed by atoms with Gasteiger partial charge in [-0.2, -0.15) is 0 Å². The Hall–Kier alpha value is -0.900. The van der Waals surface area contributed by atoms with Crippen molar-refractivity contribution in [2.75, 3.05) is 5.88 Å². The molecule has 2 rings (SSSR count). The van der Waals surface area contributed by atoms with Crippen LogP contribution < -0.4 is 0 Å². The van der Waals surface area contributed by atoms with E-state index in [1.165, 1.54) is 5.56 Å². The molecular formula is C13H14ClNOS. The normalized spacial score (nSPS) is 10.6. The Kier molecular flexibility index (Phi) is 4.98. The second-order valence-corrected chi connectivity index (χ2v) is 4.97. The minimum absolute atomic E-state index is 0.571. The molecule has 90 valence electrons. The van der Waals surface area contributed by atoms with E-state index in [9.17, 15) is 0 Å². The first kappa shape index (κ1) is 12.6. The van der Waals surface area contributed by atoms with E-state index in [0.29, 0.717) is 19.1 Å². The average molecular weight is 268 g/mol. The summed E-state index contributed by atoms with van der Waals surface area (Å²) in [5.41, 5.74) is 2.24. The van der Waals surface area contributed by atoms with Crippen molar-refractivity contribution >= 4 is 22.9 Å². The summed E-state index contributed by atoms with van der Waals surface area (Å²) in [6, 6.07) is 10.1. The number of hydrogen-bond donors (Lipinski definition) is 0. The number of aryl methyl sites for hydroxylation is 1. The van der Waals surface area contributed by atoms with Crippen molar-refractivity contribution in [1.82, 2.24) is 4.98 Å². The molecule has 0 N–H and O–H groups in total. The molecule has 0 atom stereocenters. The molecule has 0 unspecified atom stereocenters. The highest BCUT2D eigenvalue weighted by Crippen LogP contribution is 2.13. The molecule has 17 heavy (non-hydrogen) atoms. The smallest absolute Gasteiger partial charge is 0.119 e. The number of alkyl halides is 1. The van der Waals surface area contributed by atoms with Crippen LogP contribution in [0.3, 0.4) is 0 Å². The predicted molar refractivity (Wildman–Crippen MR) is 71.5 cm³/mol. The van der Waals surface area contributed by atoms with Crippen LogP contribution in [0.1, 0.15) is 16.3 Å². The summed E-state index contributed by atoms with van der Waals surface area (Å²) in [7, 11) is 0. The van der Waals surface area contributed by atoms with E-state index in [1.807, 2.05) is 23.6 Å². The Labute approximate surface area is 110 Å². The zero-order valence-corrected chi connectivity index (χ0v) is 11.0. The zero-order valence-electron chi connectivity index (χ0n) is 9.43. The maximum atomic E-state index is 5.66. The van der Waals surface area contributed by atoms with Crippen molar-refractivity contribution in [3.8, 4) is 0 Å². The first-order valence-corrected chi connectivity index (χ1v) is 6.91. The fraction of sp³-hybridized carbons (Fsp3) is 0.308. The van der Waals surface area contributed by atoms with E-state index in [-0.39, 0.29) is 0 Å². The SMILES string of the molecule is ClCCc1csc(COCc2ccccc2)n1. The van der Waals surface area contributed by atoms with Gasteiger partial charge in [-0.15, -0.1) is 22.9 Å². The largest absolute Gasteiger partial charge is 0.370 e. The molecule has 0 spiro atoms. The molecule has 2 nitrogen and oxygen atoms in total. The number of ether oxygens (including phenoxy) is 1. The van der Waals surface area contributed by atoms with Crippen molar-refractivity contribution in [3.63, 3.8) is 0 Å². The molecule has 0 radical (unpaired) electrons. The molecule has 0 saturated heterocycles. The van der Waals surface area contributed by atoms with Crippen LogP contribution in [-0.4, -0.2) is 10.9 Å². The Morgan fingerprint density at radius 1 is 1.18 bits per heavy atom. The van der Waals surface area contributed by atoms with Gasteiger partial charge in [-0.3, -0.25) is 0 Å². The molecular weight excluding hydrogens is 254 g/mol. The van der Waals surface area contributed by atoms with Gasteiger partial charge in [0.25, 0.3) is 0 Å². The number of halogens is 1. The average Bonchev–Trinajstić information content (AvgIpc) is 2.79. The van der Waals surface area contributed by atoms with Crippen molar-refractivity contribution in [2.45, 2.75) is 19.6 Å². The summed E-state index contributed by atoms with van der Waals surface area (Å²) < 4.78 is 5.61. The summed E-state index contributed by atoms with van der Waals surface area (Å²) in [4.78, 5) is 4.44. The van der Waals surface area contributed by atoms with Gasteiger partial charge in [0, 0.05) is 17.7 Å². The van der Waals surface area contributed by atoms with Crippen molar-refractivity contribution in [1.29, 1.82) is 0 Å². The van der Waals surface area contributed by atoms with Crippen LogP contribution in [0.2, 0.25) is 0 Å². The van der Waals surface area contributed by atoms with E-state index < -0.39 is 0 Å². The van der Waals surface area contributed by atoms with Crippen molar-refractivity contribution in [3.05, 3.63) is 52.0 Å². The first-order valence-electron chi connectivity index (χ1n) is 5.49. The number of aromatic nitrogens is 1. The van der Waals surface area contributed by atoms with Gasteiger partial charge >= 0.3 is 0 Å². The lowest BCUT2D eigenvalue weighted by molar-refractivity contribution is 0.107. The molecule has 4 heteroatoms. The van der Waals surface area contributed by atoms with Crippen LogP contribution in [0.15, 0.2) is 35.7 Å². The topological polar surface area (TPSA) is 22.1 Å². The summed E-state index contributed by atoms with van der Waals surface area (Å²) in [6.45, 7) is 1.20. The number of rotatable bonds is 6. The van der Waals surface area contributed by atoms with Gasteiger partial charge in [0.2, 0.25) is 0 Å². The second kappa shape index (κ2) is 6.74. The van der Waals surface area contributed by atoms with E-state index in [2.05, 4.69) is 17.1 Å². The minimum Gasteiger partial charge on any atom is -0.370 e. The lowest BCUT2D eigenvalue weighted by Gasteiger charge is -2.01. The lowest BCUT2D eigenvalue weighted by Crippen LogP contribution is -1.94. The monoisotopic (exact) mass is 267 g/mol. The number of hydrogen-bond acceptors (Lipinski definition) is 3. The maximum absolute atomic E-state index is 5.66. The second-order valence-electron chi connectivity index (χ2n) is 3.65. The molecule has 0 fully saturated rings. The van der Waals surface area contributed by atoms with Gasteiger partial charge in [0.1, 0.15) is 5.01 Å². The Morgan fingerprint density at radius 3 is 2.76 bits per heavy atom. The van der Waals surface area contributed by atoms with Gasteiger partial charge in [-0.1, -0.05) is 30.3 Å². The van der Waals surface area contributed by atoms with Crippen molar-refractivity contribution < 1.29 is 4.74 Å². The van der Waals surface area contributed by atoms with Crippen LogP contribution in [0.5, 0.6) is 0 Å². The summed E-state index contributed by atoms with van der Waals surface area (Å²) in [5.74, 6) is 0.619. The van der Waals surface area contributed by atoms with E-state index in [1.54, 1.807) is 11.3 Å². The third-order valence-electron chi connectivity index (χ3n) is 2.29. The standard InChI is InChI=1S/C13H14ClNOS/c14-7-6-12-10-17-13(15-12)9-16-8-11-4-2-1-3-5-11/h1-5,10H,6-9H2. The molecule has 0 saturated carbocycles. The third-order valence-corrected chi connectivity index (χ3v) is 3.35. The maximum Gasteiger partial charge on any atom is 0.119 e. The van der Waals surface area contributed by atoms with Gasteiger partial charge in [-0.25, -0.2) is 4.98 Å². The molecule has 0 amide bonds. The molecule has 1 heterocycles. The molecule has 0 aliphatic heterocycles. The van der Waals surface area contributed by atoms with Gasteiger partial charge in [0.05, 0.1) is 18.9 Å². The predicted octanol–water partition coefficient (Wildman–Crippen LogP) is 3.64. The van der Waals surface area contributed by atoms with Gasteiger partial charge in [-0.05, 0) is 5.56 Å². The zero-order chi connectivity index (χ0) is 11.9. The summed E-state index contributed by atoms with van der Waals surface area (Å²) in [6.07, 6.45) is 0.830. The van der Waals surface area contributed by atoms with Crippen LogP contribution in [0.4, 0.5) is 0 Å². The molecule has 2 aromatic rings. The highest BCUT2D eigenvalue weighted by Gasteiger charge is 2.01. The summed E-state index contributed by atoms with van der Waals surface area (Å²) in [5, 5.41) is 3.06. The Balaban J connectivity index is 1.78. The van der Waals surface area contributed by atoms with E-state index in [0.717, 1.165) is 17.1 Å². The quantitative estimate of drug-likeness (QED) is 0.746. The van der Waals surface area contributed by atoms with Crippen LogP contribution in [0.25, 0.3) is 0 Å².